The van der Waals surface area contributed by atoms with Crippen molar-refractivity contribution in [3.05, 3.63) is 24.3 Å². The van der Waals surface area contributed by atoms with E-state index in [2.05, 4.69) is 0 Å². The molecule has 0 aliphatic heterocycles. The van der Waals surface area contributed by atoms with Crippen LogP contribution in [0, 0.1) is 0 Å². The van der Waals surface area contributed by atoms with Gasteiger partial charge in [0.25, 0.3) is 0 Å². The van der Waals surface area contributed by atoms with E-state index in [1.165, 1.54) is 0 Å². The first-order valence-corrected chi connectivity index (χ1v) is 7.05. The lowest BCUT2D eigenvalue weighted by atomic mass is 10.1. The first-order valence-electron chi connectivity index (χ1n) is 7.05. The van der Waals surface area contributed by atoms with Gasteiger partial charge in [-0.05, 0) is 44.0 Å². The molecule has 0 heterocycles. The molecule has 0 unspecified atom stereocenters. The molecule has 20 heavy (non-hydrogen) atoms. The topological polar surface area (TPSA) is 67.8 Å². The lowest BCUT2D eigenvalue weighted by molar-refractivity contribution is -0.129. The highest BCUT2D eigenvalue weighted by atomic mass is 16.5. The van der Waals surface area contributed by atoms with Crippen molar-refractivity contribution in [3.63, 3.8) is 0 Å². The Labute approximate surface area is 119 Å². The Hall–Kier alpha value is -1.75. The molecule has 0 aliphatic carbocycles. The second-order valence-corrected chi connectivity index (χ2v) is 4.45. The van der Waals surface area contributed by atoms with Gasteiger partial charge in [-0.2, -0.15) is 0 Å². The van der Waals surface area contributed by atoms with Crippen LogP contribution in [-0.2, 0) is 4.79 Å². The molecule has 0 atom stereocenters. The molecule has 0 saturated heterocycles. The van der Waals surface area contributed by atoms with Gasteiger partial charge < -0.3 is 9.47 Å². The number of hydrogen-bond donors (Lipinski definition) is 2. The van der Waals surface area contributed by atoms with Gasteiger partial charge in [0.15, 0.2) is 0 Å². The van der Waals surface area contributed by atoms with Crippen molar-refractivity contribution in [2.45, 2.75) is 39.0 Å². The van der Waals surface area contributed by atoms with Crippen LogP contribution in [0.2, 0.25) is 0 Å². The van der Waals surface area contributed by atoms with E-state index in [9.17, 15) is 4.79 Å². The number of carbonyl (C=O) groups is 1. The van der Waals surface area contributed by atoms with E-state index in [4.69, 9.17) is 14.7 Å². The second-order valence-electron chi connectivity index (χ2n) is 4.45. The molecule has 1 aromatic rings. The average molecular weight is 281 g/mol. The molecule has 112 valence electrons. The van der Waals surface area contributed by atoms with Crippen molar-refractivity contribution < 1.29 is 19.5 Å². The Morgan fingerprint density at radius 2 is 1.65 bits per heavy atom. The molecule has 5 heteroatoms. The number of carbonyl (C=O) groups excluding carboxylic acids is 1. The number of rotatable bonds is 10. The Morgan fingerprint density at radius 1 is 1.05 bits per heavy atom. The van der Waals surface area contributed by atoms with Crippen molar-refractivity contribution in [3.8, 4) is 11.5 Å². The Kier molecular flexibility index (Phi) is 8.22. The number of unbranched alkanes of at least 4 members (excludes halogenated alkanes) is 3. The minimum Gasteiger partial charge on any atom is -0.494 e. The zero-order chi connectivity index (χ0) is 14.6. The van der Waals surface area contributed by atoms with E-state index in [1.54, 1.807) is 5.48 Å². The van der Waals surface area contributed by atoms with Crippen LogP contribution in [0.3, 0.4) is 0 Å². The third-order valence-corrected chi connectivity index (χ3v) is 2.83. The summed E-state index contributed by atoms with van der Waals surface area (Å²) >= 11 is 0. The van der Waals surface area contributed by atoms with Crippen LogP contribution in [0.1, 0.15) is 39.0 Å². The van der Waals surface area contributed by atoms with Gasteiger partial charge in [0, 0.05) is 6.42 Å². The minimum atomic E-state index is -0.323. The summed E-state index contributed by atoms with van der Waals surface area (Å²) in [6, 6.07) is 7.59. The zero-order valence-electron chi connectivity index (χ0n) is 11.9. The van der Waals surface area contributed by atoms with E-state index >= 15 is 0 Å². The number of ether oxygens (including phenoxy) is 2. The van der Waals surface area contributed by atoms with Gasteiger partial charge in [-0.15, -0.1) is 0 Å². The Balaban J connectivity index is 2.05. The zero-order valence-corrected chi connectivity index (χ0v) is 11.9. The summed E-state index contributed by atoms with van der Waals surface area (Å²) in [4.78, 5) is 10.8. The molecule has 0 radical (unpaired) electrons. The van der Waals surface area contributed by atoms with E-state index in [-0.39, 0.29) is 5.91 Å². The van der Waals surface area contributed by atoms with Crippen molar-refractivity contribution in [1.82, 2.24) is 5.48 Å². The summed E-state index contributed by atoms with van der Waals surface area (Å²) in [6.45, 7) is 3.28. The smallest absolute Gasteiger partial charge is 0.243 e. The summed E-state index contributed by atoms with van der Waals surface area (Å²) in [7, 11) is 0. The van der Waals surface area contributed by atoms with Crippen LogP contribution in [0.4, 0.5) is 0 Å². The second kappa shape index (κ2) is 10.1. The quantitative estimate of drug-likeness (QED) is 0.393. The maximum Gasteiger partial charge on any atom is 0.243 e. The fourth-order valence-corrected chi connectivity index (χ4v) is 1.79. The largest absolute Gasteiger partial charge is 0.494 e. The molecule has 5 nitrogen and oxygen atoms in total. The molecule has 0 saturated carbocycles. The van der Waals surface area contributed by atoms with Gasteiger partial charge >= 0.3 is 0 Å². The van der Waals surface area contributed by atoms with E-state index in [0.717, 1.165) is 37.2 Å². The summed E-state index contributed by atoms with van der Waals surface area (Å²) in [5.74, 6) is 1.37. The van der Waals surface area contributed by atoms with Crippen molar-refractivity contribution in [2.24, 2.45) is 0 Å². The predicted octanol–water partition coefficient (Wildman–Crippen LogP) is 2.92. The van der Waals surface area contributed by atoms with Crippen LogP contribution in [0.5, 0.6) is 11.5 Å². The molecule has 1 aromatic carbocycles. The standard InChI is InChI=1S/C15H23NO4/c1-2-19-13-8-10-14(11-9-13)20-12-6-4-3-5-7-15(17)16-18/h8-11,18H,2-7,12H2,1H3,(H,16,17). The van der Waals surface area contributed by atoms with Crippen LogP contribution >= 0.6 is 0 Å². The van der Waals surface area contributed by atoms with Crippen molar-refractivity contribution in [1.29, 1.82) is 0 Å². The van der Waals surface area contributed by atoms with Gasteiger partial charge in [0.1, 0.15) is 11.5 Å². The fourth-order valence-electron chi connectivity index (χ4n) is 1.79. The molecular formula is C15H23NO4. The minimum absolute atomic E-state index is 0.323. The summed E-state index contributed by atoms with van der Waals surface area (Å²) in [5, 5.41) is 8.33. The third kappa shape index (κ3) is 6.99. The molecule has 1 rings (SSSR count). The van der Waals surface area contributed by atoms with Crippen LogP contribution in [-0.4, -0.2) is 24.3 Å². The lowest BCUT2D eigenvalue weighted by Gasteiger charge is -2.07. The SMILES string of the molecule is CCOc1ccc(OCCCCCCC(=O)NO)cc1. The van der Waals surface area contributed by atoms with Crippen LogP contribution in [0.25, 0.3) is 0 Å². The van der Waals surface area contributed by atoms with E-state index < -0.39 is 0 Å². The van der Waals surface area contributed by atoms with Crippen molar-refractivity contribution >= 4 is 5.91 Å². The monoisotopic (exact) mass is 281 g/mol. The highest BCUT2D eigenvalue weighted by Crippen LogP contribution is 2.17. The van der Waals surface area contributed by atoms with E-state index in [0.29, 0.717) is 19.6 Å². The highest BCUT2D eigenvalue weighted by molar-refractivity contribution is 5.74. The number of benzene rings is 1. The van der Waals surface area contributed by atoms with Gasteiger partial charge in [0.2, 0.25) is 5.91 Å². The molecule has 0 spiro atoms. The summed E-state index contributed by atoms with van der Waals surface area (Å²) in [5.41, 5.74) is 1.63. The fraction of sp³-hybridized carbons (Fsp3) is 0.533. The molecule has 1 amide bonds. The number of nitrogens with one attached hydrogen (secondary N) is 1. The van der Waals surface area contributed by atoms with Crippen LogP contribution in [0.15, 0.2) is 24.3 Å². The number of amides is 1. The molecule has 2 N–H and O–H groups in total. The molecule has 0 aromatic heterocycles. The lowest BCUT2D eigenvalue weighted by Crippen LogP contribution is -2.17. The molecular weight excluding hydrogens is 258 g/mol. The summed E-state index contributed by atoms with van der Waals surface area (Å²) < 4.78 is 11.0. The normalized spacial score (nSPS) is 10.1. The highest BCUT2D eigenvalue weighted by Gasteiger charge is 1.99. The maximum absolute atomic E-state index is 10.8. The molecule has 0 aliphatic rings. The van der Waals surface area contributed by atoms with Gasteiger partial charge in [-0.25, -0.2) is 5.48 Å². The third-order valence-electron chi connectivity index (χ3n) is 2.83. The van der Waals surface area contributed by atoms with Gasteiger partial charge in [-0.1, -0.05) is 12.8 Å². The van der Waals surface area contributed by atoms with Gasteiger partial charge in [-0.3, -0.25) is 10.0 Å². The Morgan fingerprint density at radius 3 is 2.25 bits per heavy atom. The maximum atomic E-state index is 10.8. The Bertz CT molecular complexity index is 378. The first-order chi connectivity index (χ1) is 9.76. The average Bonchev–Trinajstić information content (AvgIpc) is 2.48. The van der Waals surface area contributed by atoms with Gasteiger partial charge in [0.05, 0.1) is 13.2 Å². The molecule has 0 bridgehead atoms. The first kappa shape index (κ1) is 16.3. The van der Waals surface area contributed by atoms with Crippen LogP contribution < -0.4 is 15.0 Å². The predicted molar refractivity (Wildman–Crippen MR) is 76.1 cm³/mol. The number of hydroxylamine groups is 1. The summed E-state index contributed by atoms with van der Waals surface area (Å²) in [6.07, 6.45) is 4.08. The molecule has 0 fully saturated rings. The van der Waals surface area contributed by atoms with Crippen molar-refractivity contribution in [2.75, 3.05) is 13.2 Å². The van der Waals surface area contributed by atoms with E-state index in [1.807, 2.05) is 31.2 Å². The number of hydrogen-bond acceptors (Lipinski definition) is 4.